The Balaban J connectivity index is 2.16. The lowest BCUT2D eigenvalue weighted by Crippen LogP contribution is -2.46. The van der Waals surface area contributed by atoms with Crippen molar-refractivity contribution in [3.63, 3.8) is 0 Å². The summed E-state index contributed by atoms with van der Waals surface area (Å²) in [5.74, 6) is 0.562. The number of rotatable bonds is 5. The summed E-state index contributed by atoms with van der Waals surface area (Å²) in [6.45, 7) is 3.43. The first-order chi connectivity index (χ1) is 9.45. The van der Waals surface area contributed by atoms with Crippen LogP contribution < -0.4 is 10.1 Å². The van der Waals surface area contributed by atoms with Gasteiger partial charge in [0.15, 0.2) is 0 Å². The molecule has 0 bridgehead atoms. The average Bonchev–Trinajstić information content (AvgIpc) is 2.80. The van der Waals surface area contributed by atoms with Gasteiger partial charge in [-0.1, -0.05) is 0 Å². The fraction of sp³-hybridized carbons (Fsp3) is 0.400. The largest absolute Gasteiger partial charge is 0.497 e. The highest BCUT2D eigenvalue weighted by Gasteiger charge is 2.20. The van der Waals surface area contributed by atoms with Crippen molar-refractivity contribution in [1.29, 1.82) is 0 Å². The van der Waals surface area contributed by atoms with Gasteiger partial charge in [0.2, 0.25) is 5.91 Å². The van der Waals surface area contributed by atoms with Crippen LogP contribution in [0, 0.1) is 0 Å². The summed E-state index contributed by atoms with van der Waals surface area (Å²) < 4.78 is 10.6. The molecular weight excluding hydrogens is 258 g/mol. The van der Waals surface area contributed by atoms with Gasteiger partial charge in [-0.3, -0.25) is 4.79 Å². The first kappa shape index (κ1) is 14.4. The van der Waals surface area contributed by atoms with Gasteiger partial charge >= 0.3 is 0 Å². The van der Waals surface area contributed by atoms with Crippen LogP contribution in [0.3, 0.4) is 0 Å². The molecule has 1 amide bonds. The lowest BCUT2D eigenvalue weighted by Gasteiger charge is -2.23. The topological polar surface area (TPSA) is 71.7 Å². The van der Waals surface area contributed by atoms with Gasteiger partial charge in [-0.25, -0.2) is 0 Å². The van der Waals surface area contributed by atoms with Crippen LogP contribution in [0.25, 0.3) is 11.0 Å². The lowest BCUT2D eigenvalue weighted by atomic mass is 10.1. The van der Waals surface area contributed by atoms with Crippen molar-refractivity contribution in [2.75, 3.05) is 13.7 Å². The summed E-state index contributed by atoms with van der Waals surface area (Å²) in [5, 5.41) is 12.8. The van der Waals surface area contributed by atoms with Gasteiger partial charge in [-0.15, -0.1) is 0 Å². The molecule has 0 aliphatic carbocycles. The second-order valence-corrected chi connectivity index (χ2v) is 5.39. The summed E-state index contributed by atoms with van der Waals surface area (Å²) in [5.41, 5.74) is 0.877. The Bertz CT molecular complexity index is 615. The number of amides is 1. The minimum absolute atomic E-state index is 0.109. The van der Waals surface area contributed by atoms with E-state index in [0.29, 0.717) is 11.3 Å². The molecule has 0 unspecified atom stereocenters. The third kappa shape index (κ3) is 3.11. The maximum atomic E-state index is 12.0. The van der Waals surface area contributed by atoms with Crippen LogP contribution in [0.5, 0.6) is 5.75 Å². The number of aliphatic hydroxyl groups is 1. The molecule has 1 aromatic heterocycles. The van der Waals surface area contributed by atoms with Gasteiger partial charge in [-0.2, -0.15) is 0 Å². The van der Waals surface area contributed by atoms with Crippen molar-refractivity contribution in [3.8, 4) is 5.75 Å². The molecule has 0 atom stereocenters. The van der Waals surface area contributed by atoms with E-state index >= 15 is 0 Å². The van der Waals surface area contributed by atoms with Crippen LogP contribution >= 0.6 is 0 Å². The van der Waals surface area contributed by atoms with Crippen LogP contribution in [-0.4, -0.2) is 30.3 Å². The van der Waals surface area contributed by atoms with Gasteiger partial charge in [0.1, 0.15) is 11.3 Å². The number of hydrogen-bond donors (Lipinski definition) is 2. The molecule has 108 valence electrons. The number of carbonyl (C=O) groups excluding carboxylic acids is 1. The molecule has 0 aliphatic rings. The first-order valence-electron chi connectivity index (χ1n) is 6.41. The number of benzene rings is 1. The summed E-state index contributed by atoms with van der Waals surface area (Å²) in [4.78, 5) is 12.0. The number of furan rings is 1. The Kier molecular flexibility index (Phi) is 3.99. The minimum atomic E-state index is -0.625. The van der Waals surface area contributed by atoms with Crippen molar-refractivity contribution in [2.45, 2.75) is 25.8 Å². The number of fused-ring (bicyclic) bond motifs is 1. The quantitative estimate of drug-likeness (QED) is 0.875. The van der Waals surface area contributed by atoms with Crippen molar-refractivity contribution in [1.82, 2.24) is 5.32 Å². The van der Waals surface area contributed by atoms with E-state index in [4.69, 9.17) is 14.3 Å². The van der Waals surface area contributed by atoms with Crippen LogP contribution in [0.15, 0.2) is 28.9 Å². The molecule has 0 spiro atoms. The van der Waals surface area contributed by atoms with E-state index in [1.807, 2.05) is 12.1 Å². The average molecular weight is 277 g/mol. The first-order valence-corrected chi connectivity index (χ1v) is 6.41. The van der Waals surface area contributed by atoms with E-state index < -0.39 is 5.54 Å². The molecule has 0 fully saturated rings. The highest BCUT2D eigenvalue weighted by Crippen LogP contribution is 2.25. The fourth-order valence-electron chi connectivity index (χ4n) is 1.96. The molecule has 0 saturated carbocycles. The number of ether oxygens (including phenoxy) is 1. The van der Waals surface area contributed by atoms with Gasteiger partial charge in [0, 0.05) is 17.0 Å². The molecule has 2 aromatic rings. The highest BCUT2D eigenvalue weighted by atomic mass is 16.5. The van der Waals surface area contributed by atoms with Crippen LogP contribution in [-0.2, 0) is 11.2 Å². The Morgan fingerprint density at radius 1 is 1.45 bits per heavy atom. The predicted octanol–water partition coefficient (Wildman–Crippen LogP) is 1.87. The normalized spacial score (nSPS) is 11.6. The summed E-state index contributed by atoms with van der Waals surface area (Å²) >= 11 is 0. The third-order valence-electron chi connectivity index (χ3n) is 3.09. The number of hydrogen-bond acceptors (Lipinski definition) is 4. The summed E-state index contributed by atoms with van der Waals surface area (Å²) in [7, 11) is 1.59. The molecule has 5 nitrogen and oxygen atoms in total. The van der Waals surface area contributed by atoms with Crippen molar-refractivity contribution >= 4 is 16.9 Å². The summed E-state index contributed by atoms with van der Waals surface area (Å²) in [6.07, 6.45) is 1.79. The number of aliphatic hydroxyl groups excluding tert-OH is 1. The Labute approximate surface area is 117 Å². The molecule has 2 N–H and O–H groups in total. The zero-order valence-electron chi connectivity index (χ0n) is 11.9. The van der Waals surface area contributed by atoms with Crippen molar-refractivity contribution < 1.29 is 19.1 Å². The monoisotopic (exact) mass is 277 g/mol. The van der Waals surface area contributed by atoms with Crippen LogP contribution in [0.2, 0.25) is 0 Å². The minimum Gasteiger partial charge on any atom is -0.497 e. The van der Waals surface area contributed by atoms with Crippen LogP contribution in [0.1, 0.15) is 19.4 Å². The highest BCUT2D eigenvalue weighted by molar-refractivity contribution is 5.88. The standard InChI is InChI=1S/C15H19NO4/c1-15(2,9-17)16-14(18)6-10-8-20-13-7-11(19-3)4-5-12(10)13/h4-5,7-8,17H,6,9H2,1-3H3,(H,16,18). The maximum absolute atomic E-state index is 12.0. The van der Waals surface area contributed by atoms with E-state index in [0.717, 1.165) is 10.9 Å². The van der Waals surface area contributed by atoms with Gasteiger partial charge in [0.05, 0.1) is 31.9 Å². The SMILES string of the molecule is COc1ccc2c(CC(=O)NC(C)(C)CO)coc2c1. The molecule has 0 saturated heterocycles. The number of methoxy groups -OCH3 is 1. The van der Waals surface area contributed by atoms with E-state index in [1.54, 1.807) is 33.3 Å². The smallest absolute Gasteiger partial charge is 0.225 e. The Hall–Kier alpha value is -2.01. The molecule has 0 aliphatic heterocycles. The van der Waals surface area contributed by atoms with Crippen LogP contribution in [0.4, 0.5) is 0 Å². The predicted molar refractivity (Wildman–Crippen MR) is 75.8 cm³/mol. The van der Waals surface area contributed by atoms with E-state index in [-0.39, 0.29) is 18.9 Å². The maximum Gasteiger partial charge on any atom is 0.225 e. The Morgan fingerprint density at radius 3 is 2.85 bits per heavy atom. The van der Waals surface area contributed by atoms with E-state index in [2.05, 4.69) is 5.32 Å². The lowest BCUT2D eigenvalue weighted by molar-refractivity contribution is -0.122. The second-order valence-electron chi connectivity index (χ2n) is 5.39. The summed E-state index contributed by atoms with van der Waals surface area (Å²) in [6, 6.07) is 5.49. The van der Waals surface area contributed by atoms with Gasteiger partial charge in [-0.05, 0) is 26.0 Å². The zero-order chi connectivity index (χ0) is 14.8. The fourth-order valence-corrected chi connectivity index (χ4v) is 1.96. The van der Waals surface area contributed by atoms with Crippen molar-refractivity contribution in [3.05, 3.63) is 30.0 Å². The molecule has 20 heavy (non-hydrogen) atoms. The zero-order valence-corrected chi connectivity index (χ0v) is 11.9. The third-order valence-corrected chi connectivity index (χ3v) is 3.09. The number of carbonyl (C=O) groups is 1. The molecule has 1 aromatic carbocycles. The van der Waals surface area contributed by atoms with Gasteiger partial charge in [0.25, 0.3) is 0 Å². The van der Waals surface area contributed by atoms with Crippen molar-refractivity contribution in [2.24, 2.45) is 0 Å². The molecule has 0 radical (unpaired) electrons. The van der Waals surface area contributed by atoms with Gasteiger partial charge < -0.3 is 19.6 Å². The molecule has 1 heterocycles. The Morgan fingerprint density at radius 2 is 2.20 bits per heavy atom. The second kappa shape index (κ2) is 5.54. The molecule has 2 rings (SSSR count). The van der Waals surface area contributed by atoms with E-state index in [9.17, 15) is 4.79 Å². The molecular formula is C15H19NO4. The number of nitrogens with one attached hydrogen (secondary N) is 1. The van der Waals surface area contributed by atoms with E-state index in [1.165, 1.54) is 0 Å². The molecule has 5 heteroatoms.